The van der Waals surface area contributed by atoms with Crippen molar-refractivity contribution in [1.82, 2.24) is 10.1 Å². The number of thiazole rings is 1. The Labute approximate surface area is 196 Å². The first-order valence-corrected chi connectivity index (χ1v) is 10.9. The van der Waals surface area contributed by atoms with E-state index in [2.05, 4.69) is 20.7 Å². The molecular formula is C20H12Cl4N4OS. The summed E-state index contributed by atoms with van der Waals surface area (Å²) in [7, 11) is 0. The highest BCUT2D eigenvalue weighted by atomic mass is 35.5. The van der Waals surface area contributed by atoms with E-state index in [1.54, 1.807) is 42.6 Å². The molecule has 0 fully saturated rings. The third kappa shape index (κ3) is 4.33. The topological polar surface area (TPSA) is 63.3 Å². The van der Waals surface area contributed by atoms with Crippen LogP contribution in [0.2, 0.25) is 20.1 Å². The van der Waals surface area contributed by atoms with Crippen LogP contribution >= 0.6 is 57.7 Å². The number of nitrogens with zero attached hydrogens (tertiary/aromatic N) is 3. The minimum Gasteiger partial charge on any atom is -0.360 e. The van der Waals surface area contributed by atoms with Crippen molar-refractivity contribution in [3.63, 3.8) is 0 Å². The zero-order chi connectivity index (χ0) is 21.3. The van der Waals surface area contributed by atoms with E-state index in [1.807, 2.05) is 12.3 Å². The molecule has 2 aromatic carbocycles. The quantitative estimate of drug-likeness (QED) is 0.225. The van der Waals surface area contributed by atoms with E-state index in [1.165, 1.54) is 11.3 Å². The lowest BCUT2D eigenvalue weighted by Gasteiger charge is -2.03. The number of nitrogens with one attached hydrogen (secondary N) is 1. The number of benzene rings is 2. The van der Waals surface area contributed by atoms with E-state index in [0.717, 1.165) is 5.56 Å². The molecule has 0 aliphatic carbocycles. The number of hydrogen-bond acceptors (Lipinski definition) is 6. The molecule has 0 spiro atoms. The van der Waals surface area contributed by atoms with Crippen molar-refractivity contribution in [2.45, 2.75) is 6.92 Å². The van der Waals surface area contributed by atoms with Gasteiger partial charge in [-0.1, -0.05) is 57.6 Å². The van der Waals surface area contributed by atoms with Gasteiger partial charge in [0.1, 0.15) is 11.5 Å². The molecule has 0 saturated heterocycles. The standard InChI is InChI=1S/C20H12Cl4N4OS/c1-10-18(19(28-29-10)12-6-5-11(21)7-16(12)24)17-9-30-20(26-17)27-25-8-13-14(22)3-2-4-15(13)23/h2-9H,1H3,(H,26,27)/b25-8+. The monoisotopic (exact) mass is 496 g/mol. The second-order valence-electron chi connectivity index (χ2n) is 6.13. The molecule has 0 bridgehead atoms. The summed E-state index contributed by atoms with van der Waals surface area (Å²) in [6.45, 7) is 1.82. The molecule has 10 heteroatoms. The van der Waals surface area contributed by atoms with Crippen molar-refractivity contribution in [1.29, 1.82) is 0 Å². The van der Waals surface area contributed by atoms with Gasteiger partial charge in [-0.3, -0.25) is 5.43 Å². The van der Waals surface area contributed by atoms with Crippen LogP contribution in [0.4, 0.5) is 5.13 Å². The second kappa shape index (κ2) is 8.96. The largest absolute Gasteiger partial charge is 0.360 e. The van der Waals surface area contributed by atoms with Gasteiger partial charge >= 0.3 is 0 Å². The minimum atomic E-state index is 0.479. The second-order valence-corrected chi connectivity index (χ2v) is 8.65. The summed E-state index contributed by atoms with van der Waals surface area (Å²) >= 11 is 26.0. The molecule has 1 N–H and O–H groups in total. The average molecular weight is 498 g/mol. The maximum Gasteiger partial charge on any atom is 0.203 e. The van der Waals surface area contributed by atoms with Gasteiger partial charge in [-0.05, 0) is 37.3 Å². The fraction of sp³-hybridized carbons (Fsp3) is 0.0500. The lowest BCUT2D eigenvalue weighted by molar-refractivity contribution is 0.400. The summed E-state index contributed by atoms with van der Waals surface area (Å²) in [6, 6.07) is 10.5. The molecular weight excluding hydrogens is 486 g/mol. The highest BCUT2D eigenvalue weighted by Gasteiger charge is 2.21. The van der Waals surface area contributed by atoms with Gasteiger partial charge < -0.3 is 4.52 Å². The lowest BCUT2D eigenvalue weighted by atomic mass is 10.0. The zero-order valence-electron chi connectivity index (χ0n) is 15.3. The summed E-state index contributed by atoms with van der Waals surface area (Å²) in [5, 5.41) is 12.9. The van der Waals surface area contributed by atoms with Gasteiger partial charge in [-0.2, -0.15) is 5.10 Å². The molecule has 0 aliphatic heterocycles. The van der Waals surface area contributed by atoms with Gasteiger partial charge in [-0.25, -0.2) is 4.98 Å². The van der Waals surface area contributed by atoms with Crippen LogP contribution in [0.25, 0.3) is 22.5 Å². The van der Waals surface area contributed by atoms with E-state index in [0.29, 0.717) is 53.5 Å². The Morgan fingerprint density at radius 2 is 1.83 bits per heavy atom. The molecule has 0 atom stereocenters. The zero-order valence-corrected chi connectivity index (χ0v) is 19.1. The van der Waals surface area contributed by atoms with E-state index in [-0.39, 0.29) is 0 Å². The van der Waals surface area contributed by atoms with Gasteiger partial charge in [0.05, 0.1) is 32.5 Å². The number of anilines is 1. The van der Waals surface area contributed by atoms with E-state index in [4.69, 9.17) is 50.9 Å². The lowest BCUT2D eigenvalue weighted by Crippen LogP contribution is -1.92. The van der Waals surface area contributed by atoms with Crippen LogP contribution in [0.3, 0.4) is 0 Å². The van der Waals surface area contributed by atoms with Crippen molar-refractivity contribution in [2.75, 3.05) is 5.43 Å². The predicted octanol–water partition coefficient (Wildman–Crippen LogP) is 7.83. The number of hydrogen-bond donors (Lipinski definition) is 1. The van der Waals surface area contributed by atoms with E-state index < -0.39 is 0 Å². The maximum atomic E-state index is 6.35. The molecule has 0 saturated carbocycles. The summed E-state index contributed by atoms with van der Waals surface area (Å²) in [6.07, 6.45) is 1.55. The summed E-state index contributed by atoms with van der Waals surface area (Å²) < 4.78 is 5.41. The van der Waals surface area contributed by atoms with Gasteiger partial charge in [0.25, 0.3) is 0 Å². The fourth-order valence-corrected chi connectivity index (χ4v) is 4.41. The molecule has 0 amide bonds. The molecule has 2 aromatic heterocycles. The number of halogens is 4. The minimum absolute atomic E-state index is 0.479. The van der Waals surface area contributed by atoms with Gasteiger partial charge in [0.15, 0.2) is 0 Å². The van der Waals surface area contributed by atoms with Crippen LogP contribution in [0.1, 0.15) is 11.3 Å². The van der Waals surface area contributed by atoms with Crippen LogP contribution in [-0.2, 0) is 0 Å². The summed E-state index contributed by atoms with van der Waals surface area (Å²) in [5.74, 6) is 0.624. The molecule has 4 aromatic rings. The maximum absolute atomic E-state index is 6.35. The highest BCUT2D eigenvalue weighted by molar-refractivity contribution is 7.14. The number of hydrazone groups is 1. The normalized spacial score (nSPS) is 11.4. The molecule has 0 radical (unpaired) electrons. The Hall–Kier alpha value is -2.09. The predicted molar refractivity (Wildman–Crippen MR) is 125 cm³/mol. The van der Waals surface area contributed by atoms with Crippen molar-refractivity contribution in [2.24, 2.45) is 5.10 Å². The Morgan fingerprint density at radius 1 is 1.07 bits per heavy atom. The Bertz CT molecular complexity index is 1230. The molecule has 2 heterocycles. The number of aryl methyl sites for hydroxylation is 1. The summed E-state index contributed by atoms with van der Waals surface area (Å²) in [5.41, 5.74) is 6.26. The molecule has 30 heavy (non-hydrogen) atoms. The first kappa shape index (κ1) is 21.2. The molecule has 4 rings (SSSR count). The van der Waals surface area contributed by atoms with E-state index >= 15 is 0 Å². The molecule has 0 unspecified atom stereocenters. The van der Waals surface area contributed by atoms with Crippen molar-refractivity contribution in [3.8, 4) is 22.5 Å². The van der Waals surface area contributed by atoms with Crippen LogP contribution in [0.5, 0.6) is 0 Å². The van der Waals surface area contributed by atoms with E-state index in [9.17, 15) is 0 Å². The van der Waals surface area contributed by atoms with Crippen molar-refractivity contribution >= 4 is 69.1 Å². The van der Waals surface area contributed by atoms with Crippen molar-refractivity contribution < 1.29 is 4.52 Å². The van der Waals surface area contributed by atoms with Crippen LogP contribution in [0, 0.1) is 6.92 Å². The van der Waals surface area contributed by atoms with Gasteiger partial charge in [0.2, 0.25) is 5.13 Å². The fourth-order valence-electron chi connectivity index (χ4n) is 2.77. The molecule has 5 nitrogen and oxygen atoms in total. The van der Waals surface area contributed by atoms with Crippen molar-refractivity contribution in [3.05, 3.63) is 73.2 Å². The first-order chi connectivity index (χ1) is 14.4. The SMILES string of the molecule is Cc1onc(-c2ccc(Cl)cc2Cl)c1-c1csc(N/N=C/c2c(Cl)cccc2Cl)n1. The third-order valence-corrected chi connectivity index (χ3v) is 6.12. The van der Waals surface area contributed by atoms with Gasteiger partial charge in [0, 0.05) is 21.5 Å². The first-order valence-electron chi connectivity index (χ1n) is 8.54. The Balaban J connectivity index is 1.61. The Kier molecular flexibility index (Phi) is 6.32. The molecule has 0 aliphatic rings. The van der Waals surface area contributed by atoms with Crippen LogP contribution in [0.15, 0.2) is 51.4 Å². The van der Waals surface area contributed by atoms with Crippen LogP contribution in [-0.4, -0.2) is 16.4 Å². The van der Waals surface area contributed by atoms with Gasteiger partial charge in [-0.15, -0.1) is 11.3 Å². The summed E-state index contributed by atoms with van der Waals surface area (Å²) in [4.78, 5) is 4.58. The third-order valence-electron chi connectivity index (χ3n) is 4.16. The highest BCUT2D eigenvalue weighted by Crippen LogP contribution is 2.39. The number of rotatable bonds is 5. The smallest absolute Gasteiger partial charge is 0.203 e. The molecule has 152 valence electrons. The number of aromatic nitrogens is 2. The average Bonchev–Trinajstić information content (AvgIpc) is 3.30. The Morgan fingerprint density at radius 3 is 2.57 bits per heavy atom. The van der Waals surface area contributed by atoms with Crippen LogP contribution < -0.4 is 5.43 Å².